The summed E-state index contributed by atoms with van der Waals surface area (Å²) < 4.78 is 100. The SMILES string of the molecule is COCCOCCOCCOCCOCCOCCOCCOCCOCCOCCOCCOCCN(CCCCCC(=O)CN1C(=O)CCC1=O)C(=O)c1ccc(S(C)(=O)=O)cc1C1=c2cc3c(cc2Oc2cc4c(cc21)C(C)(C)C(C)C4)=NC(C)C3(C)C. The molecule has 22 nitrogen and oxygen atoms in total. The molecule has 0 aromatic heterocycles. The van der Waals surface area contributed by atoms with Crippen molar-refractivity contribution in [3.8, 4) is 11.5 Å². The Bertz CT molecular complexity index is 3080. The molecular weight excluding hydrogens is 1190 g/mol. The van der Waals surface area contributed by atoms with E-state index in [1.54, 1.807) is 24.1 Å². The number of ether oxygens (including phenoxy) is 13. The number of carbonyl (C=O) groups excluding carboxylic acids is 4. The summed E-state index contributed by atoms with van der Waals surface area (Å²) in [5, 5.41) is 1.58. The number of likely N-dealkylation sites (tertiary alicyclic amines) is 1. The normalized spacial score (nSPS) is 17.1. The van der Waals surface area contributed by atoms with Crippen molar-refractivity contribution in [1.82, 2.24) is 9.80 Å². The van der Waals surface area contributed by atoms with Crippen LogP contribution in [-0.4, -0.2) is 233 Å². The van der Waals surface area contributed by atoms with Crippen LogP contribution >= 0.6 is 0 Å². The third-order valence-electron chi connectivity index (χ3n) is 17.3. The predicted octanol–water partition coefficient (Wildman–Crippen LogP) is 5.76. The first-order valence-corrected chi connectivity index (χ1v) is 34.2. The zero-order valence-electron chi connectivity index (χ0n) is 55.0. The number of Topliss-reactive ketones (excluding diaryl/α,β-unsaturated/α-hetero) is 1. The minimum atomic E-state index is -3.76. The number of unbranched alkanes of at least 4 members (excludes halogenated alkanes) is 2. The molecule has 1 saturated heterocycles. The molecule has 506 valence electrons. The fourth-order valence-corrected chi connectivity index (χ4v) is 11.9. The van der Waals surface area contributed by atoms with Crippen molar-refractivity contribution < 1.29 is 89.2 Å². The highest BCUT2D eigenvalue weighted by Gasteiger charge is 2.40. The number of fused-ring (bicyclic) bond motifs is 4. The summed E-state index contributed by atoms with van der Waals surface area (Å²) in [5.41, 5.74) is 5.18. The van der Waals surface area contributed by atoms with Crippen molar-refractivity contribution in [3.05, 3.63) is 86.4 Å². The molecule has 91 heavy (non-hydrogen) atoms. The molecule has 0 bridgehead atoms. The molecule has 3 heterocycles. The molecule has 1 fully saturated rings. The minimum Gasteiger partial charge on any atom is -0.456 e. The van der Waals surface area contributed by atoms with Crippen LogP contribution in [0.25, 0.3) is 5.57 Å². The fraction of sp³-hybridized carbons (Fsp3) is 0.662. The molecule has 2 unspecified atom stereocenters. The van der Waals surface area contributed by atoms with E-state index in [-0.39, 0.29) is 90.8 Å². The van der Waals surface area contributed by atoms with Gasteiger partial charge in [-0.05, 0) is 96.2 Å². The first kappa shape index (κ1) is 73.3. The minimum absolute atomic E-state index is 0.00975. The Balaban J connectivity index is 0.855. The molecule has 3 aromatic carbocycles. The van der Waals surface area contributed by atoms with Crippen LogP contribution in [0, 0.1) is 5.92 Å². The maximum Gasteiger partial charge on any atom is 0.254 e. The van der Waals surface area contributed by atoms with Gasteiger partial charge in [0.25, 0.3) is 5.91 Å². The van der Waals surface area contributed by atoms with E-state index in [0.717, 1.165) is 33.0 Å². The predicted molar refractivity (Wildman–Crippen MR) is 340 cm³/mol. The zero-order chi connectivity index (χ0) is 65.2. The summed E-state index contributed by atoms with van der Waals surface area (Å²) in [6.07, 6.45) is 4.10. The number of rotatable bonds is 47. The summed E-state index contributed by atoms with van der Waals surface area (Å²) in [6.45, 7) is 23.5. The van der Waals surface area contributed by atoms with E-state index in [1.807, 2.05) is 6.07 Å². The van der Waals surface area contributed by atoms with Gasteiger partial charge in [0.05, 0.1) is 175 Å². The number of amides is 3. The number of hydrogen-bond acceptors (Lipinski definition) is 20. The largest absolute Gasteiger partial charge is 0.456 e. The topological polar surface area (TPSA) is 241 Å². The first-order chi connectivity index (χ1) is 43.8. The van der Waals surface area contributed by atoms with Crippen molar-refractivity contribution >= 4 is 38.9 Å². The zero-order valence-corrected chi connectivity index (χ0v) is 55.9. The summed E-state index contributed by atoms with van der Waals surface area (Å²) in [4.78, 5) is 60.6. The van der Waals surface area contributed by atoms with Crippen LogP contribution < -0.4 is 15.3 Å². The Kier molecular flexibility index (Phi) is 29.9. The van der Waals surface area contributed by atoms with Crippen molar-refractivity contribution in [2.45, 2.75) is 108 Å². The van der Waals surface area contributed by atoms with Gasteiger partial charge < -0.3 is 66.5 Å². The van der Waals surface area contributed by atoms with E-state index >= 15 is 4.79 Å². The van der Waals surface area contributed by atoms with E-state index in [0.29, 0.717) is 199 Å². The van der Waals surface area contributed by atoms with Crippen molar-refractivity contribution in [3.63, 3.8) is 0 Å². The number of imide groups is 1. The van der Waals surface area contributed by atoms with Crippen molar-refractivity contribution in [2.75, 3.05) is 185 Å². The van der Waals surface area contributed by atoms with Gasteiger partial charge >= 0.3 is 0 Å². The van der Waals surface area contributed by atoms with Gasteiger partial charge in [-0.2, -0.15) is 0 Å². The smallest absolute Gasteiger partial charge is 0.254 e. The molecular formula is C68H99N3O19S. The van der Waals surface area contributed by atoms with Gasteiger partial charge in [-0.3, -0.25) is 29.1 Å². The second kappa shape index (κ2) is 37.1. The second-order valence-corrected chi connectivity index (χ2v) is 26.4. The highest BCUT2D eigenvalue weighted by atomic mass is 32.2. The molecule has 1 aliphatic carbocycles. The molecule has 0 spiro atoms. The van der Waals surface area contributed by atoms with Gasteiger partial charge in [0.15, 0.2) is 15.6 Å². The Morgan fingerprint density at radius 2 is 1.08 bits per heavy atom. The van der Waals surface area contributed by atoms with E-state index < -0.39 is 9.84 Å². The summed E-state index contributed by atoms with van der Waals surface area (Å²) >= 11 is 0. The van der Waals surface area contributed by atoms with Crippen LogP contribution in [0.5, 0.6) is 11.5 Å². The number of sulfone groups is 1. The van der Waals surface area contributed by atoms with Gasteiger partial charge in [0, 0.05) is 79.1 Å². The quantitative estimate of drug-likeness (QED) is 0.0377. The Labute approximate surface area is 537 Å². The molecule has 0 N–H and O–H groups in total. The van der Waals surface area contributed by atoms with Crippen LogP contribution in [0.3, 0.4) is 0 Å². The van der Waals surface area contributed by atoms with Crippen molar-refractivity contribution in [1.29, 1.82) is 0 Å². The lowest BCUT2D eigenvalue weighted by Gasteiger charge is -2.29. The van der Waals surface area contributed by atoms with Crippen LogP contribution in [-0.2, 0) is 98.3 Å². The van der Waals surface area contributed by atoms with E-state index in [1.165, 1.54) is 23.4 Å². The monoisotopic (exact) mass is 1290 g/mol. The molecule has 23 heteroatoms. The Morgan fingerprint density at radius 3 is 1.57 bits per heavy atom. The summed E-state index contributed by atoms with van der Waals surface area (Å²) in [5.74, 6) is 0.392. The number of nitrogens with zero attached hydrogens (tertiary/aromatic N) is 3. The van der Waals surface area contributed by atoms with E-state index in [9.17, 15) is 22.8 Å². The molecule has 3 aliphatic heterocycles. The molecule has 0 radical (unpaired) electrons. The van der Waals surface area contributed by atoms with E-state index in [4.69, 9.17) is 66.6 Å². The van der Waals surface area contributed by atoms with Crippen LogP contribution in [0.15, 0.2) is 52.4 Å². The van der Waals surface area contributed by atoms with Crippen molar-refractivity contribution in [2.24, 2.45) is 10.9 Å². The second-order valence-electron chi connectivity index (χ2n) is 24.4. The average molecular weight is 1290 g/mol. The third-order valence-corrected chi connectivity index (χ3v) is 18.4. The number of ketones is 1. The summed E-state index contributed by atoms with van der Waals surface area (Å²) in [7, 11) is -2.12. The number of carbonyl (C=O) groups is 4. The Morgan fingerprint density at radius 1 is 0.582 bits per heavy atom. The lowest BCUT2D eigenvalue weighted by atomic mass is 9.77. The number of hydrogen-bond donors (Lipinski definition) is 0. The molecule has 4 aliphatic rings. The lowest BCUT2D eigenvalue weighted by molar-refractivity contribution is -0.141. The molecule has 2 atom stereocenters. The number of methoxy groups -OCH3 is 1. The van der Waals surface area contributed by atoms with Crippen LogP contribution in [0.4, 0.5) is 0 Å². The van der Waals surface area contributed by atoms with Gasteiger partial charge in [-0.25, -0.2) is 8.42 Å². The molecule has 3 aromatic rings. The van der Waals surface area contributed by atoms with Gasteiger partial charge in [0.2, 0.25) is 11.8 Å². The average Bonchev–Trinajstić information content (AvgIpc) is 1.73. The first-order valence-electron chi connectivity index (χ1n) is 32.3. The molecule has 3 amide bonds. The third kappa shape index (κ3) is 21.7. The van der Waals surface area contributed by atoms with Crippen LogP contribution in [0.1, 0.15) is 118 Å². The standard InChI is InChI=1S/C68H99N3O19S/c1-49-42-51-43-61-56(45-58(51)67(49,3)4)65(57-46-59-60(47-62(57)90-61)69-50(2)68(59,5)6)55-44-53(91(8,76)77)13-14-54(55)66(75)70(17-11-9-10-12-52(72)48-71-63(73)15-16-64(71)74)18-19-79-22-23-81-26-27-83-30-31-85-34-35-87-38-39-89-41-40-88-37-36-86-33-32-84-29-28-82-25-24-80-21-20-78-7/h13-14,43-47,49-50H,9-12,15-42,48H2,1-8H3. The lowest BCUT2D eigenvalue weighted by Crippen LogP contribution is -2.36. The van der Waals surface area contributed by atoms with Gasteiger partial charge in [-0.15, -0.1) is 0 Å². The Hall–Kier alpha value is -5.12. The number of benzene rings is 3. The molecule has 7 rings (SSSR count). The van der Waals surface area contributed by atoms with E-state index in [2.05, 4.69) is 59.7 Å². The maximum atomic E-state index is 15.5. The van der Waals surface area contributed by atoms with Gasteiger partial charge in [0.1, 0.15) is 11.5 Å². The maximum absolute atomic E-state index is 15.5. The fourth-order valence-electron chi connectivity index (χ4n) is 11.2. The summed E-state index contributed by atoms with van der Waals surface area (Å²) in [6, 6.07) is 13.1. The molecule has 0 saturated carbocycles. The van der Waals surface area contributed by atoms with Gasteiger partial charge in [-0.1, -0.05) is 41.0 Å². The van der Waals surface area contributed by atoms with Crippen LogP contribution in [0.2, 0.25) is 0 Å². The highest BCUT2D eigenvalue weighted by Crippen LogP contribution is 2.48. The highest BCUT2D eigenvalue weighted by molar-refractivity contribution is 7.90.